The number of aliphatic imine (C=N–C) groups is 1. The van der Waals surface area contributed by atoms with E-state index < -0.39 is 5.82 Å². The third-order valence-corrected chi connectivity index (χ3v) is 4.14. The summed E-state index contributed by atoms with van der Waals surface area (Å²) in [7, 11) is 1.60. The Balaban J connectivity index is 2.19. The van der Waals surface area contributed by atoms with E-state index in [-0.39, 0.29) is 11.6 Å². The van der Waals surface area contributed by atoms with Gasteiger partial charge in [0.1, 0.15) is 5.75 Å². The minimum Gasteiger partial charge on any atom is -0.496 e. The number of hydrogen-bond donors (Lipinski definition) is 1. The number of fused-ring (bicyclic) bond motifs is 1. The van der Waals surface area contributed by atoms with Crippen LogP contribution < -0.4 is 19.9 Å². The largest absolute Gasteiger partial charge is 0.496 e. The van der Waals surface area contributed by atoms with E-state index in [4.69, 9.17) is 9.47 Å². The highest BCUT2D eigenvalue weighted by atomic mass is 19.1. The molecule has 0 aliphatic rings. The standard InChI is InChI=1S/C21H21FN2O2/c1-6-23-21(15-11-19(25-5)13(3)9-12(15)2)26-18-8-7-17-16(20(18)22)10-14(4)24-17/h6-11,24H,2H2,1,3-5H3/b21-15+,23-6-. The number of nitrogens with zero attached hydrogens (tertiary/aromatic N) is 1. The maximum Gasteiger partial charge on any atom is 0.227 e. The second kappa shape index (κ2) is 7.04. The minimum absolute atomic E-state index is 0.107. The van der Waals surface area contributed by atoms with E-state index in [0.29, 0.717) is 16.4 Å². The number of aromatic nitrogens is 1. The number of benzene rings is 2. The van der Waals surface area contributed by atoms with Gasteiger partial charge >= 0.3 is 0 Å². The van der Waals surface area contributed by atoms with Gasteiger partial charge in [0.2, 0.25) is 5.88 Å². The summed E-state index contributed by atoms with van der Waals surface area (Å²) in [6, 6.07) is 8.82. The molecule has 4 nitrogen and oxygen atoms in total. The van der Waals surface area contributed by atoms with Crippen LogP contribution in [0.1, 0.15) is 18.2 Å². The van der Waals surface area contributed by atoms with Gasteiger partial charge in [-0.25, -0.2) is 9.38 Å². The molecule has 0 bridgehead atoms. The summed E-state index contributed by atoms with van der Waals surface area (Å²) in [5.41, 5.74) is 2.56. The number of halogens is 1. The van der Waals surface area contributed by atoms with Gasteiger partial charge in [-0.15, -0.1) is 0 Å². The first-order valence-corrected chi connectivity index (χ1v) is 8.27. The molecule has 0 unspecified atom stereocenters. The van der Waals surface area contributed by atoms with Gasteiger partial charge in [-0.2, -0.15) is 0 Å². The summed E-state index contributed by atoms with van der Waals surface area (Å²) in [6.07, 6.45) is 1.60. The lowest BCUT2D eigenvalue weighted by Crippen LogP contribution is -2.28. The van der Waals surface area contributed by atoms with E-state index in [1.165, 1.54) is 0 Å². The Bertz CT molecular complexity index is 1110. The molecule has 0 aliphatic heterocycles. The molecule has 1 heterocycles. The Morgan fingerprint density at radius 1 is 1.19 bits per heavy atom. The van der Waals surface area contributed by atoms with Crippen molar-refractivity contribution in [1.82, 2.24) is 4.98 Å². The van der Waals surface area contributed by atoms with Gasteiger partial charge in [0.05, 0.1) is 7.11 Å². The maximum atomic E-state index is 14.9. The Labute approximate surface area is 151 Å². The number of H-pyrrole nitrogens is 1. The first kappa shape index (κ1) is 17.7. The van der Waals surface area contributed by atoms with Crippen molar-refractivity contribution in [3.8, 4) is 11.5 Å². The van der Waals surface area contributed by atoms with Crippen LogP contribution in [0.5, 0.6) is 11.5 Å². The molecule has 2 aromatic carbocycles. The van der Waals surface area contributed by atoms with Gasteiger partial charge in [-0.1, -0.05) is 6.58 Å². The van der Waals surface area contributed by atoms with Crippen LogP contribution in [0, 0.1) is 19.7 Å². The Morgan fingerprint density at radius 2 is 1.96 bits per heavy atom. The van der Waals surface area contributed by atoms with Crippen LogP contribution in [-0.4, -0.2) is 18.3 Å². The SMILES string of the molecule is C=c1cc(C)c(OC)c/c1=C(/N=C\C)Oc1ccc2[nH]c(C)cc2c1F. The molecule has 1 N–H and O–H groups in total. The summed E-state index contributed by atoms with van der Waals surface area (Å²) >= 11 is 0. The molecule has 3 rings (SSSR count). The summed E-state index contributed by atoms with van der Waals surface area (Å²) in [5.74, 6) is 0.634. The third kappa shape index (κ3) is 3.20. The topological polar surface area (TPSA) is 46.6 Å². The lowest BCUT2D eigenvalue weighted by molar-refractivity contribution is 0.410. The van der Waals surface area contributed by atoms with E-state index in [0.717, 1.165) is 22.0 Å². The van der Waals surface area contributed by atoms with Crippen LogP contribution in [0.3, 0.4) is 0 Å². The second-order valence-corrected chi connectivity index (χ2v) is 6.06. The molecule has 0 saturated heterocycles. The molecule has 3 aromatic rings. The van der Waals surface area contributed by atoms with Crippen molar-refractivity contribution in [3.05, 3.63) is 57.8 Å². The van der Waals surface area contributed by atoms with Gasteiger partial charge in [0, 0.05) is 28.0 Å². The fourth-order valence-corrected chi connectivity index (χ4v) is 2.91. The molecule has 0 aliphatic carbocycles. The minimum atomic E-state index is -0.430. The van der Waals surface area contributed by atoms with Crippen LogP contribution in [0.15, 0.2) is 35.3 Å². The van der Waals surface area contributed by atoms with Crippen molar-refractivity contribution in [2.75, 3.05) is 7.11 Å². The molecular formula is C21H21FN2O2. The fourth-order valence-electron chi connectivity index (χ4n) is 2.91. The Hall–Kier alpha value is -3.08. The van der Waals surface area contributed by atoms with Crippen LogP contribution in [0.2, 0.25) is 0 Å². The molecular weight excluding hydrogens is 331 g/mol. The summed E-state index contributed by atoms with van der Waals surface area (Å²) in [5, 5.41) is 1.86. The average molecular weight is 352 g/mol. The number of aromatic amines is 1. The monoisotopic (exact) mass is 352 g/mol. The summed E-state index contributed by atoms with van der Waals surface area (Å²) in [4.78, 5) is 7.39. The molecule has 0 spiro atoms. The van der Waals surface area contributed by atoms with E-state index in [2.05, 4.69) is 16.6 Å². The number of methoxy groups -OCH3 is 1. The zero-order valence-corrected chi connectivity index (χ0v) is 15.3. The highest BCUT2D eigenvalue weighted by Crippen LogP contribution is 2.28. The van der Waals surface area contributed by atoms with Crippen molar-refractivity contribution in [2.24, 2.45) is 4.99 Å². The van der Waals surface area contributed by atoms with Crippen molar-refractivity contribution < 1.29 is 13.9 Å². The first-order valence-electron chi connectivity index (χ1n) is 8.27. The first-order chi connectivity index (χ1) is 12.4. The Morgan fingerprint density at radius 3 is 2.65 bits per heavy atom. The molecule has 0 atom stereocenters. The van der Waals surface area contributed by atoms with Gasteiger partial charge in [-0.05, 0) is 61.9 Å². The highest BCUT2D eigenvalue weighted by molar-refractivity contribution is 5.83. The smallest absolute Gasteiger partial charge is 0.227 e. The predicted molar refractivity (Wildman–Crippen MR) is 104 cm³/mol. The van der Waals surface area contributed by atoms with E-state index in [1.54, 1.807) is 44.5 Å². The lowest BCUT2D eigenvalue weighted by atomic mass is 10.1. The van der Waals surface area contributed by atoms with Crippen molar-refractivity contribution in [2.45, 2.75) is 20.8 Å². The van der Waals surface area contributed by atoms with E-state index in [9.17, 15) is 4.39 Å². The van der Waals surface area contributed by atoms with E-state index in [1.807, 2.05) is 19.9 Å². The van der Waals surface area contributed by atoms with Gasteiger partial charge in [0.25, 0.3) is 0 Å². The van der Waals surface area contributed by atoms with E-state index >= 15 is 0 Å². The van der Waals surface area contributed by atoms with Crippen LogP contribution in [0.25, 0.3) is 23.4 Å². The highest BCUT2D eigenvalue weighted by Gasteiger charge is 2.13. The summed E-state index contributed by atoms with van der Waals surface area (Å²) < 4.78 is 26.1. The predicted octanol–water partition coefficient (Wildman–Crippen LogP) is 3.58. The van der Waals surface area contributed by atoms with Crippen LogP contribution in [0.4, 0.5) is 4.39 Å². The Kier molecular flexibility index (Phi) is 4.80. The van der Waals surface area contributed by atoms with Crippen molar-refractivity contribution in [1.29, 1.82) is 0 Å². The molecule has 134 valence electrons. The maximum absolute atomic E-state index is 14.9. The molecule has 0 radical (unpaired) electrons. The normalized spacial score (nSPS) is 12.7. The van der Waals surface area contributed by atoms with Crippen molar-refractivity contribution in [3.63, 3.8) is 0 Å². The van der Waals surface area contributed by atoms with Crippen LogP contribution in [-0.2, 0) is 0 Å². The quantitative estimate of drug-likeness (QED) is 0.730. The van der Waals surface area contributed by atoms with Gasteiger partial charge in [0.15, 0.2) is 11.6 Å². The van der Waals surface area contributed by atoms with Crippen molar-refractivity contribution >= 4 is 29.6 Å². The molecule has 1 aromatic heterocycles. The number of hydrogen-bond acceptors (Lipinski definition) is 3. The van der Waals surface area contributed by atoms with Gasteiger partial charge < -0.3 is 14.5 Å². The number of ether oxygens (including phenoxy) is 2. The zero-order valence-electron chi connectivity index (χ0n) is 15.3. The molecule has 5 heteroatoms. The zero-order chi connectivity index (χ0) is 18.8. The van der Waals surface area contributed by atoms with Gasteiger partial charge in [-0.3, -0.25) is 0 Å². The number of rotatable bonds is 4. The number of aryl methyl sites for hydroxylation is 2. The molecule has 26 heavy (non-hydrogen) atoms. The van der Waals surface area contributed by atoms with Crippen LogP contribution >= 0.6 is 0 Å². The number of nitrogens with one attached hydrogen (secondary N) is 1. The molecule has 0 fully saturated rings. The molecule has 0 saturated carbocycles. The molecule has 0 amide bonds. The lowest BCUT2D eigenvalue weighted by Gasteiger charge is -2.10. The second-order valence-electron chi connectivity index (χ2n) is 6.06. The summed E-state index contributed by atoms with van der Waals surface area (Å²) in [6.45, 7) is 9.63. The fraction of sp³-hybridized carbons (Fsp3) is 0.190. The third-order valence-electron chi connectivity index (χ3n) is 4.14. The average Bonchev–Trinajstić information content (AvgIpc) is 2.98.